The maximum absolute atomic E-state index is 12.0. The number of hydrogen-bond donors (Lipinski definition) is 1. The minimum absolute atomic E-state index is 0.0176. The lowest BCUT2D eigenvalue weighted by atomic mass is 10.0. The van der Waals surface area contributed by atoms with E-state index in [9.17, 15) is 4.79 Å². The fourth-order valence-corrected chi connectivity index (χ4v) is 2.47. The van der Waals surface area contributed by atoms with Gasteiger partial charge in [-0.2, -0.15) is 0 Å². The third-order valence-electron chi connectivity index (χ3n) is 4.07. The van der Waals surface area contributed by atoms with Gasteiger partial charge in [-0.3, -0.25) is 4.79 Å². The van der Waals surface area contributed by atoms with E-state index in [0.29, 0.717) is 11.7 Å². The van der Waals surface area contributed by atoms with Crippen molar-refractivity contribution in [2.24, 2.45) is 0 Å². The molecule has 0 atom stereocenters. The molecule has 4 nitrogen and oxygen atoms in total. The van der Waals surface area contributed by atoms with E-state index in [4.69, 9.17) is 9.47 Å². The summed E-state index contributed by atoms with van der Waals surface area (Å²) in [5, 5.41) is 2.83. The van der Waals surface area contributed by atoms with Crippen LogP contribution in [0.15, 0.2) is 48.5 Å². The molecule has 0 saturated carbocycles. The predicted molar refractivity (Wildman–Crippen MR) is 106 cm³/mol. The molecule has 1 N–H and O–H groups in total. The van der Waals surface area contributed by atoms with E-state index < -0.39 is 0 Å². The number of rotatable bonds is 10. The van der Waals surface area contributed by atoms with E-state index in [1.165, 1.54) is 18.4 Å². The number of benzene rings is 2. The summed E-state index contributed by atoms with van der Waals surface area (Å²) in [6, 6.07) is 15.3. The largest absolute Gasteiger partial charge is 0.494 e. The summed E-state index contributed by atoms with van der Waals surface area (Å²) in [5.41, 5.74) is 1.98. The molecule has 0 bridgehead atoms. The third-order valence-corrected chi connectivity index (χ3v) is 4.07. The van der Waals surface area contributed by atoms with Gasteiger partial charge in [-0.25, -0.2) is 0 Å². The van der Waals surface area contributed by atoms with Gasteiger partial charge in [-0.1, -0.05) is 45.7 Å². The zero-order valence-electron chi connectivity index (χ0n) is 16.0. The molecule has 0 saturated heterocycles. The summed E-state index contributed by atoms with van der Waals surface area (Å²) < 4.78 is 11.2. The smallest absolute Gasteiger partial charge is 0.262 e. The number of carbonyl (C=O) groups excluding carboxylic acids is 1. The molecule has 0 unspecified atom stereocenters. The molecule has 2 aromatic rings. The van der Waals surface area contributed by atoms with Crippen molar-refractivity contribution in [2.75, 3.05) is 18.5 Å². The number of unbranched alkanes of at least 4 members (excludes halogenated alkanes) is 2. The molecular weight excluding hydrogens is 326 g/mol. The highest BCUT2D eigenvalue weighted by atomic mass is 16.5. The lowest BCUT2D eigenvalue weighted by molar-refractivity contribution is -0.118. The van der Waals surface area contributed by atoms with Crippen molar-refractivity contribution in [1.29, 1.82) is 0 Å². The predicted octanol–water partition coefficient (Wildman–Crippen LogP) is 5.40. The molecule has 0 heterocycles. The van der Waals surface area contributed by atoms with E-state index >= 15 is 0 Å². The first-order valence-electron chi connectivity index (χ1n) is 9.34. The number of hydrogen-bond acceptors (Lipinski definition) is 3. The van der Waals surface area contributed by atoms with Gasteiger partial charge >= 0.3 is 0 Å². The van der Waals surface area contributed by atoms with Crippen LogP contribution in [0.4, 0.5) is 5.69 Å². The van der Waals surface area contributed by atoms with Crippen molar-refractivity contribution >= 4 is 11.6 Å². The normalized spacial score (nSPS) is 10.6. The van der Waals surface area contributed by atoms with Crippen molar-refractivity contribution in [3.05, 3.63) is 54.1 Å². The summed E-state index contributed by atoms with van der Waals surface area (Å²) in [7, 11) is 0. The first-order chi connectivity index (χ1) is 12.6. The molecule has 0 aliphatic heterocycles. The Balaban J connectivity index is 1.75. The van der Waals surface area contributed by atoms with Crippen molar-refractivity contribution < 1.29 is 14.3 Å². The molecule has 0 fully saturated rings. The molecule has 140 valence electrons. The van der Waals surface area contributed by atoms with Crippen LogP contribution in [0, 0.1) is 0 Å². The maximum Gasteiger partial charge on any atom is 0.262 e. The summed E-state index contributed by atoms with van der Waals surface area (Å²) >= 11 is 0. The van der Waals surface area contributed by atoms with E-state index in [0.717, 1.165) is 24.5 Å². The summed E-state index contributed by atoms with van der Waals surface area (Å²) in [6.45, 7) is 7.16. The van der Waals surface area contributed by atoms with Crippen molar-refractivity contribution in [1.82, 2.24) is 0 Å². The molecule has 4 heteroatoms. The van der Waals surface area contributed by atoms with Crippen LogP contribution >= 0.6 is 0 Å². The van der Waals surface area contributed by atoms with Gasteiger partial charge in [0.15, 0.2) is 6.61 Å². The van der Waals surface area contributed by atoms with Crippen molar-refractivity contribution in [2.45, 2.75) is 46.0 Å². The Bertz CT molecular complexity index is 663. The van der Waals surface area contributed by atoms with Gasteiger partial charge in [0.1, 0.15) is 11.5 Å². The van der Waals surface area contributed by atoms with Crippen LogP contribution < -0.4 is 14.8 Å². The second-order valence-electron chi connectivity index (χ2n) is 6.64. The zero-order valence-corrected chi connectivity index (χ0v) is 16.0. The second-order valence-corrected chi connectivity index (χ2v) is 6.64. The molecule has 2 rings (SSSR count). The minimum Gasteiger partial charge on any atom is -0.494 e. The summed E-state index contributed by atoms with van der Waals surface area (Å²) in [5.74, 6) is 1.81. The van der Waals surface area contributed by atoms with Gasteiger partial charge in [0.25, 0.3) is 5.91 Å². The lowest BCUT2D eigenvalue weighted by Crippen LogP contribution is -2.20. The average molecular weight is 355 g/mol. The molecular formula is C22H29NO3. The number of ether oxygens (including phenoxy) is 2. The highest BCUT2D eigenvalue weighted by molar-refractivity contribution is 5.91. The third kappa shape index (κ3) is 6.79. The summed E-state index contributed by atoms with van der Waals surface area (Å²) in [6.07, 6.45) is 3.41. The molecule has 0 aromatic heterocycles. The highest BCUT2D eigenvalue weighted by Gasteiger charge is 2.05. The van der Waals surface area contributed by atoms with Crippen LogP contribution in [-0.2, 0) is 4.79 Å². The van der Waals surface area contributed by atoms with Crippen molar-refractivity contribution in [3.8, 4) is 11.5 Å². The zero-order chi connectivity index (χ0) is 18.8. The number of amides is 1. The molecule has 0 aliphatic carbocycles. The Morgan fingerprint density at radius 2 is 1.54 bits per heavy atom. The molecule has 0 spiro atoms. The van der Waals surface area contributed by atoms with Gasteiger partial charge in [0, 0.05) is 5.69 Å². The van der Waals surface area contributed by atoms with Crippen LogP contribution in [0.25, 0.3) is 0 Å². The molecule has 1 amide bonds. The summed E-state index contributed by atoms with van der Waals surface area (Å²) in [4.78, 5) is 12.0. The number of carbonyl (C=O) groups is 1. The van der Waals surface area contributed by atoms with Crippen LogP contribution in [0.5, 0.6) is 11.5 Å². The van der Waals surface area contributed by atoms with Crippen LogP contribution in [-0.4, -0.2) is 19.1 Å². The van der Waals surface area contributed by atoms with Crippen LogP contribution in [0.2, 0.25) is 0 Å². The fraction of sp³-hybridized carbons (Fsp3) is 0.409. The van der Waals surface area contributed by atoms with Gasteiger partial charge in [-0.05, 0) is 54.3 Å². The van der Waals surface area contributed by atoms with Gasteiger partial charge < -0.3 is 14.8 Å². The first kappa shape index (κ1) is 19.8. The van der Waals surface area contributed by atoms with Crippen LogP contribution in [0.1, 0.15) is 51.5 Å². The quantitative estimate of drug-likeness (QED) is 0.581. The Labute approximate surface area is 156 Å². The van der Waals surface area contributed by atoms with Gasteiger partial charge in [-0.15, -0.1) is 0 Å². The van der Waals surface area contributed by atoms with E-state index in [2.05, 4.69) is 26.1 Å². The Kier molecular flexibility index (Phi) is 8.00. The molecule has 2 aromatic carbocycles. The SMILES string of the molecule is CCCCCOc1ccc(NC(=O)COc2ccc(C(C)C)cc2)cc1. The van der Waals surface area contributed by atoms with Crippen molar-refractivity contribution in [3.63, 3.8) is 0 Å². The van der Waals surface area contributed by atoms with Gasteiger partial charge in [0.2, 0.25) is 0 Å². The minimum atomic E-state index is -0.186. The van der Waals surface area contributed by atoms with E-state index in [1.807, 2.05) is 48.5 Å². The van der Waals surface area contributed by atoms with E-state index in [1.54, 1.807) is 0 Å². The number of nitrogens with one attached hydrogen (secondary N) is 1. The monoisotopic (exact) mass is 355 g/mol. The Morgan fingerprint density at radius 1 is 0.923 bits per heavy atom. The fourth-order valence-electron chi connectivity index (χ4n) is 2.47. The lowest BCUT2D eigenvalue weighted by Gasteiger charge is -2.10. The Morgan fingerprint density at radius 3 is 2.15 bits per heavy atom. The topological polar surface area (TPSA) is 47.6 Å². The number of anilines is 1. The van der Waals surface area contributed by atoms with Gasteiger partial charge in [0.05, 0.1) is 6.61 Å². The maximum atomic E-state index is 12.0. The second kappa shape index (κ2) is 10.5. The standard InChI is InChI=1S/C22H29NO3/c1-4-5-6-15-25-20-13-9-19(10-14-20)23-22(24)16-26-21-11-7-18(8-12-21)17(2)3/h7-14,17H,4-6,15-16H2,1-3H3,(H,23,24). The molecule has 0 radical (unpaired) electrons. The van der Waals surface area contributed by atoms with Crippen LogP contribution in [0.3, 0.4) is 0 Å². The van der Waals surface area contributed by atoms with E-state index in [-0.39, 0.29) is 12.5 Å². The highest BCUT2D eigenvalue weighted by Crippen LogP contribution is 2.19. The molecule has 26 heavy (non-hydrogen) atoms. The molecule has 0 aliphatic rings. The first-order valence-corrected chi connectivity index (χ1v) is 9.34. The Hall–Kier alpha value is -2.49. The average Bonchev–Trinajstić information content (AvgIpc) is 2.65.